The Morgan fingerprint density at radius 3 is 2.27 bits per heavy atom. The lowest BCUT2D eigenvalue weighted by atomic mass is 10.1. The standard InChI is InChI=1S/C13H23NO/c1-5-11(4)14-12(8-10(2)3)6-7-13(14)9-15/h6-7,10-11,15H,5,8-9H2,1-4H3/t11-/m1/s1. The zero-order valence-corrected chi connectivity index (χ0v) is 10.3. The van der Waals surface area contributed by atoms with Gasteiger partial charge in [-0.2, -0.15) is 0 Å². The highest BCUT2D eigenvalue weighted by Gasteiger charge is 2.12. The summed E-state index contributed by atoms with van der Waals surface area (Å²) in [5, 5.41) is 9.29. The highest BCUT2D eigenvalue weighted by molar-refractivity contribution is 5.17. The number of aromatic nitrogens is 1. The largest absolute Gasteiger partial charge is 0.390 e. The van der Waals surface area contributed by atoms with Crippen LogP contribution in [0.25, 0.3) is 0 Å². The maximum atomic E-state index is 9.29. The fourth-order valence-corrected chi connectivity index (χ4v) is 2.00. The van der Waals surface area contributed by atoms with Crippen molar-refractivity contribution in [1.29, 1.82) is 0 Å². The Morgan fingerprint density at radius 2 is 1.80 bits per heavy atom. The predicted octanol–water partition coefficient (Wildman–Crippen LogP) is 3.15. The van der Waals surface area contributed by atoms with Gasteiger partial charge in [0.15, 0.2) is 0 Å². The van der Waals surface area contributed by atoms with Crippen molar-refractivity contribution in [3.8, 4) is 0 Å². The molecule has 0 aromatic carbocycles. The first-order valence-corrected chi connectivity index (χ1v) is 5.90. The molecule has 2 heteroatoms. The maximum Gasteiger partial charge on any atom is 0.0833 e. The van der Waals surface area contributed by atoms with Crippen molar-refractivity contribution < 1.29 is 5.11 Å². The van der Waals surface area contributed by atoms with Crippen LogP contribution in [0.4, 0.5) is 0 Å². The summed E-state index contributed by atoms with van der Waals surface area (Å²) in [5.74, 6) is 0.661. The monoisotopic (exact) mass is 209 g/mol. The van der Waals surface area contributed by atoms with Gasteiger partial charge in [-0.1, -0.05) is 20.8 Å². The van der Waals surface area contributed by atoms with Crippen LogP contribution in [0.1, 0.15) is 51.5 Å². The summed E-state index contributed by atoms with van der Waals surface area (Å²) in [6.07, 6.45) is 2.19. The number of rotatable bonds is 5. The van der Waals surface area contributed by atoms with Gasteiger partial charge in [-0.15, -0.1) is 0 Å². The number of nitrogens with zero attached hydrogens (tertiary/aromatic N) is 1. The molecule has 2 nitrogen and oxygen atoms in total. The Hall–Kier alpha value is -0.760. The van der Waals surface area contributed by atoms with Gasteiger partial charge in [-0.3, -0.25) is 0 Å². The van der Waals surface area contributed by atoms with Gasteiger partial charge in [0.1, 0.15) is 0 Å². The van der Waals surface area contributed by atoms with Crippen molar-refractivity contribution in [1.82, 2.24) is 4.57 Å². The zero-order valence-electron chi connectivity index (χ0n) is 10.3. The van der Waals surface area contributed by atoms with Crippen LogP contribution in [-0.4, -0.2) is 9.67 Å². The molecular weight excluding hydrogens is 186 g/mol. The third-order valence-electron chi connectivity index (χ3n) is 2.90. The van der Waals surface area contributed by atoms with E-state index < -0.39 is 0 Å². The van der Waals surface area contributed by atoms with Crippen LogP contribution >= 0.6 is 0 Å². The van der Waals surface area contributed by atoms with E-state index in [-0.39, 0.29) is 6.61 Å². The van der Waals surface area contributed by atoms with Gasteiger partial charge >= 0.3 is 0 Å². The second-order valence-corrected chi connectivity index (χ2v) is 4.70. The number of hydrogen-bond acceptors (Lipinski definition) is 1. The van der Waals surface area contributed by atoms with Crippen LogP contribution in [0.15, 0.2) is 12.1 Å². The zero-order chi connectivity index (χ0) is 11.4. The third-order valence-corrected chi connectivity index (χ3v) is 2.90. The van der Waals surface area contributed by atoms with E-state index in [1.807, 2.05) is 6.07 Å². The molecule has 0 unspecified atom stereocenters. The van der Waals surface area contributed by atoms with Crippen molar-refractivity contribution in [2.75, 3.05) is 0 Å². The van der Waals surface area contributed by atoms with Crippen LogP contribution in [0.3, 0.4) is 0 Å². The molecule has 0 bridgehead atoms. The predicted molar refractivity (Wildman–Crippen MR) is 63.9 cm³/mol. The van der Waals surface area contributed by atoms with Crippen molar-refractivity contribution in [2.45, 2.75) is 53.2 Å². The number of aliphatic hydroxyl groups excluding tert-OH is 1. The molecule has 86 valence electrons. The van der Waals surface area contributed by atoms with Gasteiger partial charge in [0.25, 0.3) is 0 Å². The molecule has 1 atom stereocenters. The maximum absolute atomic E-state index is 9.29. The van der Waals surface area contributed by atoms with E-state index in [1.54, 1.807) is 0 Å². The quantitative estimate of drug-likeness (QED) is 0.791. The van der Waals surface area contributed by atoms with E-state index in [4.69, 9.17) is 0 Å². The molecule has 0 aliphatic carbocycles. The fourth-order valence-electron chi connectivity index (χ4n) is 2.00. The van der Waals surface area contributed by atoms with Crippen LogP contribution in [0, 0.1) is 5.92 Å². The van der Waals surface area contributed by atoms with Gasteiger partial charge in [0.2, 0.25) is 0 Å². The minimum Gasteiger partial charge on any atom is -0.390 e. The van der Waals surface area contributed by atoms with Gasteiger partial charge in [0.05, 0.1) is 6.61 Å². The SMILES string of the molecule is CC[C@@H](C)n1c(CO)ccc1CC(C)C. The molecule has 0 saturated carbocycles. The Labute approximate surface area is 92.9 Å². The van der Waals surface area contributed by atoms with Crippen molar-refractivity contribution >= 4 is 0 Å². The molecule has 0 spiro atoms. The van der Waals surface area contributed by atoms with E-state index in [0.717, 1.165) is 18.5 Å². The molecule has 1 N–H and O–H groups in total. The molecule has 15 heavy (non-hydrogen) atoms. The summed E-state index contributed by atoms with van der Waals surface area (Å²) in [5.41, 5.74) is 2.39. The Morgan fingerprint density at radius 1 is 1.20 bits per heavy atom. The number of hydrogen-bond donors (Lipinski definition) is 1. The highest BCUT2D eigenvalue weighted by Crippen LogP contribution is 2.21. The lowest BCUT2D eigenvalue weighted by Gasteiger charge is -2.19. The topological polar surface area (TPSA) is 25.2 Å². The molecule has 1 heterocycles. The first-order chi connectivity index (χ1) is 7.10. The van der Waals surface area contributed by atoms with Gasteiger partial charge < -0.3 is 9.67 Å². The number of aliphatic hydroxyl groups is 1. The average molecular weight is 209 g/mol. The summed E-state index contributed by atoms with van der Waals surface area (Å²) < 4.78 is 2.29. The Kier molecular flexibility index (Phi) is 4.40. The van der Waals surface area contributed by atoms with Crippen LogP contribution in [-0.2, 0) is 13.0 Å². The summed E-state index contributed by atoms with van der Waals surface area (Å²) >= 11 is 0. The van der Waals surface area contributed by atoms with E-state index in [0.29, 0.717) is 12.0 Å². The van der Waals surface area contributed by atoms with E-state index in [1.165, 1.54) is 5.69 Å². The fraction of sp³-hybridized carbons (Fsp3) is 0.692. The molecule has 0 radical (unpaired) electrons. The smallest absolute Gasteiger partial charge is 0.0833 e. The average Bonchev–Trinajstić information content (AvgIpc) is 2.58. The van der Waals surface area contributed by atoms with Crippen molar-refractivity contribution in [3.05, 3.63) is 23.5 Å². The van der Waals surface area contributed by atoms with Gasteiger partial charge in [-0.05, 0) is 37.8 Å². The molecule has 0 aliphatic heterocycles. The summed E-state index contributed by atoms with van der Waals surface area (Å²) in [6.45, 7) is 9.00. The summed E-state index contributed by atoms with van der Waals surface area (Å²) in [7, 11) is 0. The molecule has 0 amide bonds. The first kappa shape index (κ1) is 12.3. The lowest BCUT2D eigenvalue weighted by Crippen LogP contribution is -2.12. The second kappa shape index (κ2) is 5.36. The Balaban J connectivity index is 3.00. The molecule has 0 aliphatic rings. The lowest BCUT2D eigenvalue weighted by molar-refractivity contribution is 0.265. The van der Waals surface area contributed by atoms with Crippen LogP contribution in [0.2, 0.25) is 0 Å². The van der Waals surface area contributed by atoms with Gasteiger partial charge in [0, 0.05) is 17.4 Å². The first-order valence-electron chi connectivity index (χ1n) is 5.90. The molecular formula is C13H23NO. The normalized spacial score (nSPS) is 13.5. The van der Waals surface area contributed by atoms with Crippen molar-refractivity contribution in [2.24, 2.45) is 5.92 Å². The molecule has 0 saturated heterocycles. The van der Waals surface area contributed by atoms with Crippen LogP contribution in [0.5, 0.6) is 0 Å². The molecule has 1 aromatic rings. The minimum absolute atomic E-state index is 0.141. The third kappa shape index (κ3) is 2.85. The van der Waals surface area contributed by atoms with Crippen molar-refractivity contribution in [3.63, 3.8) is 0 Å². The van der Waals surface area contributed by atoms with E-state index in [9.17, 15) is 5.11 Å². The van der Waals surface area contributed by atoms with E-state index >= 15 is 0 Å². The summed E-state index contributed by atoms with van der Waals surface area (Å²) in [6, 6.07) is 4.68. The summed E-state index contributed by atoms with van der Waals surface area (Å²) in [4.78, 5) is 0. The Bertz CT molecular complexity index is 301. The minimum atomic E-state index is 0.141. The van der Waals surface area contributed by atoms with E-state index in [2.05, 4.69) is 38.3 Å². The molecule has 1 aromatic heterocycles. The van der Waals surface area contributed by atoms with Crippen LogP contribution < -0.4 is 0 Å². The molecule has 0 fully saturated rings. The highest BCUT2D eigenvalue weighted by atomic mass is 16.3. The second-order valence-electron chi connectivity index (χ2n) is 4.70. The van der Waals surface area contributed by atoms with Gasteiger partial charge in [-0.25, -0.2) is 0 Å². The molecule has 1 rings (SSSR count).